The highest BCUT2D eigenvalue weighted by Crippen LogP contribution is 2.36. The largest absolute Gasteiger partial charge is 0.349 e. The van der Waals surface area contributed by atoms with Gasteiger partial charge in [-0.2, -0.15) is 0 Å². The lowest BCUT2D eigenvalue weighted by molar-refractivity contribution is 0.423. The van der Waals surface area contributed by atoms with E-state index in [0.29, 0.717) is 12.1 Å². The average molecular weight is 363 g/mol. The van der Waals surface area contributed by atoms with Crippen molar-refractivity contribution in [2.75, 3.05) is 18.0 Å². The van der Waals surface area contributed by atoms with E-state index < -0.39 is 0 Å². The number of rotatable bonds is 2. The SMILES string of the molecule is CC1CN(c2nc3cc(-c4ccccc4)sc3n3cccc23)C(C)CN1. The van der Waals surface area contributed by atoms with Crippen LogP contribution in [0.5, 0.6) is 0 Å². The lowest BCUT2D eigenvalue weighted by Crippen LogP contribution is -2.54. The fourth-order valence-electron chi connectivity index (χ4n) is 3.81. The molecule has 26 heavy (non-hydrogen) atoms. The summed E-state index contributed by atoms with van der Waals surface area (Å²) in [6, 6.07) is 18.0. The van der Waals surface area contributed by atoms with Crippen molar-refractivity contribution >= 4 is 33.0 Å². The minimum Gasteiger partial charge on any atom is -0.349 e. The van der Waals surface area contributed by atoms with Gasteiger partial charge in [-0.25, -0.2) is 4.98 Å². The third-order valence-electron chi connectivity index (χ3n) is 5.21. The lowest BCUT2D eigenvalue weighted by Gasteiger charge is -2.38. The molecule has 1 aliphatic heterocycles. The zero-order chi connectivity index (χ0) is 17.7. The molecule has 0 amide bonds. The molecular weight excluding hydrogens is 340 g/mol. The highest BCUT2D eigenvalue weighted by atomic mass is 32.1. The van der Waals surface area contributed by atoms with Gasteiger partial charge in [-0.3, -0.25) is 0 Å². The summed E-state index contributed by atoms with van der Waals surface area (Å²) < 4.78 is 2.30. The minimum atomic E-state index is 0.432. The summed E-state index contributed by atoms with van der Waals surface area (Å²) >= 11 is 1.81. The molecule has 1 N–H and O–H groups in total. The van der Waals surface area contributed by atoms with Crippen LogP contribution in [0.2, 0.25) is 0 Å². The van der Waals surface area contributed by atoms with Crippen molar-refractivity contribution in [3.8, 4) is 10.4 Å². The highest BCUT2D eigenvalue weighted by Gasteiger charge is 2.26. The Morgan fingerprint density at radius 3 is 2.81 bits per heavy atom. The predicted octanol–water partition coefficient (Wildman–Crippen LogP) is 4.40. The molecule has 4 aromatic rings. The molecule has 0 bridgehead atoms. The maximum atomic E-state index is 5.12. The zero-order valence-electron chi connectivity index (χ0n) is 15.0. The van der Waals surface area contributed by atoms with Crippen LogP contribution >= 0.6 is 11.3 Å². The maximum Gasteiger partial charge on any atom is 0.154 e. The Hall–Kier alpha value is -2.37. The van der Waals surface area contributed by atoms with Gasteiger partial charge < -0.3 is 14.6 Å². The van der Waals surface area contributed by atoms with Gasteiger partial charge in [0.15, 0.2) is 5.82 Å². The van der Waals surface area contributed by atoms with Crippen molar-refractivity contribution in [2.24, 2.45) is 0 Å². The molecule has 0 spiro atoms. The van der Waals surface area contributed by atoms with Gasteiger partial charge in [0.25, 0.3) is 0 Å². The predicted molar refractivity (Wildman–Crippen MR) is 110 cm³/mol. The van der Waals surface area contributed by atoms with Crippen molar-refractivity contribution in [1.82, 2.24) is 14.7 Å². The first kappa shape index (κ1) is 15.9. The molecule has 5 rings (SSSR count). The molecule has 5 heteroatoms. The number of benzene rings is 1. The molecule has 1 aliphatic rings. The van der Waals surface area contributed by atoms with Crippen LogP contribution in [0.3, 0.4) is 0 Å². The Morgan fingerprint density at radius 1 is 1.12 bits per heavy atom. The molecule has 1 fully saturated rings. The number of hydrogen-bond acceptors (Lipinski definition) is 4. The zero-order valence-corrected chi connectivity index (χ0v) is 15.8. The molecule has 0 radical (unpaired) electrons. The van der Waals surface area contributed by atoms with Crippen LogP contribution in [0.1, 0.15) is 13.8 Å². The van der Waals surface area contributed by atoms with E-state index in [1.807, 2.05) is 11.3 Å². The van der Waals surface area contributed by atoms with Crippen molar-refractivity contribution in [2.45, 2.75) is 25.9 Å². The number of anilines is 1. The van der Waals surface area contributed by atoms with E-state index in [9.17, 15) is 0 Å². The van der Waals surface area contributed by atoms with Gasteiger partial charge in [0.2, 0.25) is 0 Å². The molecule has 0 saturated carbocycles. The molecule has 2 unspecified atom stereocenters. The Bertz CT molecular complexity index is 1070. The second kappa shape index (κ2) is 6.11. The highest BCUT2D eigenvalue weighted by molar-refractivity contribution is 7.21. The molecule has 4 heterocycles. The number of aromatic nitrogens is 2. The van der Waals surface area contributed by atoms with Crippen LogP contribution in [-0.2, 0) is 0 Å². The molecule has 1 aromatic carbocycles. The molecular formula is C21H22N4S. The van der Waals surface area contributed by atoms with Crippen LogP contribution < -0.4 is 10.2 Å². The van der Waals surface area contributed by atoms with Crippen molar-refractivity contribution in [1.29, 1.82) is 0 Å². The number of nitrogens with zero attached hydrogens (tertiary/aromatic N) is 3. The molecule has 1 saturated heterocycles. The third kappa shape index (κ3) is 2.50. The Kier molecular flexibility index (Phi) is 3.72. The smallest absolute Gasteiger partial charge is 0.154 e. The quantitative estimate of drug-likeness (QED) is 0.574. The number of nitrogens with one attached hydrogen (secondary N) is 1. The topological polar surface area (TPSA) is 32.6 Å². The van der Waals surface area contributed by atoms with E-state index in [-0.39, 0.29) is 0 Å². The van der Waals surface area contributed by atoms with Crippen molar-refractivity contribution in [3.63, 3.8) is 0 Å². The Morgan fingerprint density at radius 2 is 1.96 bits per heavy atom. The van der Waals surface area contributed by atoms with Gasteiger partial charge in [-0.05, 0) is 37.6 Å². The molecule has 0 aliphatic carbocycles. The third-order valence-corrected chi connectivity index (χ3v) is 6.38. The van der Waals surface area contributed by atoms with Gasteiger partial charge in [0, 0.05) is 36.2 Å². The summed E-state index contributed by atoms with van der Waals surface area (Å²) in [5, 5.41) is 3.56. The maximum absolute atomic E-state index is 5.12. The van der Waals surface area contributed by atoms with E-state index >= 15 is 0 Å². The first-order chi connectivity index (χ1) is 12.7. The van der Waals surface area contributed by atoms with Crippen LogP contribution in [0.25, 0.3) is 26.3 Å². The average Bonchev–Trinajstić information content (AvgIpc) is 3.30. The van der Waals surface area contributed by atoms with Crippen molar-refractivity contribution in [3.05, 3.63) is 54.7 Å². The number of fused-ring (bicyclic) bond motifs is 3. The standard InChI is InChI=1S/C21H22N4S/c1-14-13-25(15(2)12-22-14)20-18-9-6-10-24(18)21-17(23-20)11-19(26-21)16-7-4-3-5-8-16/h3-11,14-15,22H,12-13H2,1-2H3. The van der Waals surface area contributed by atoms with Crippen LogP contribution in [0.4, 0.5) is 5.82 Å². The first-order valence-electron chi connectivity index (χ1n) is 9.17. The second-order valence-corrected chi connectivity index (χ2v) is 8.21. The van der Waals surface area contributed by atoms with Crippen LogP contribution in [0, 0.1) is 0 Å². The van der Waals surface area contributed by atoms with Gasteiger partial charge in [0.1, 0.15) is 10.3 Å². The minimum absolute atomic E-state index is 0.432. The second-order valence-electron chi connectivity index (χ2n) is 7.18. The summed E-state index contributed by atoms with van der Waals surface area (Å²) in [6.07, 6.45) is 2.16. The van der Waals surface area contributed by atoms with Gasteiger partial charge in [-0.1, -0.05) is 30.3 Å². The van der Waals surface area contributed by atoms with E-state index in [0.717, 1.165) is 24.4 Å². The van der Waals surface area contributed by atoms with E-state index in [2.05, 4.69) is 83.2 Å². The fourth-order valence-corrected chi connectivity index (χ4v) is 4.91. The molecule has 3 aromatic heterocycles. The van der Waals surface area contributed by atoms with Gasteiger partial charge in [0.05, 0.1) is 5.52 Å². The van der Waals surface area contributed by atoms with Crippen LogP contribution in [-0.4, -0.2) is 34.6 Å². The fraction of sp³-hybridized carbons (Fsp3) is 0.286. The first-order valence-corrected chi connectivity index (χ1v) is 9.98. The normalized spacial score (nSPS) is 20.9. The molecule has 2 atom stereocenters. The van der Waals surface area contributed by atoms with Crippen LogP contribution in [0.15, 0.2) is 54.7 Å². The summed E-state index contributed by atoms with van der Waals surface area (Å²) in [6.45, 7) is 6.49. The molecule has 4 nitrogen and oxygen atoms in total. The van der Waals surface area contributed by atoms with Gasteiger partial charge in [-0.15, -0.1) is 11.3 Å². The molecule has 132 valence electrons. The summed E-state index contributed by atoms with van der Waals surface area (Å²) in [7, 11) is 0. The van der Waals surface area contributed by atoms with E-state index in [1.54, 1.807) is 0 Å². The van der Waals surface area contributed by atoms with Crippen molar-refractivity contribution < 1.29 is 0 Å². The summed E-state index contributed by atoms with van der Waals surface area (Å²) in [5.74, 6) is 1.10. The monoisotopic (exact) mass is 362 g/mol. The number of hydrogen-bond donors (Lipinski definition) is 1. The van der Waals surface area contributed by atoms with Gasteiger partial charge >= 0.3 is 0 Å². The Balaban J connectivity index is 1.70. The number of thiophene rings is 1. The number of piperazine rings is 1. The lowest BCUT2D eigenvalue weighted by atomic mass is 10.1. The summed E-state index contributed by atoms with van der Waals surface area (Å²) in [5.41, 5.74) is 3.52. The Labute approximate surface area is 157 Å². The summed E-state index contributed by atoms with van der Waals surface area (Å²) in [4.78, 5) is 10.0. The van der Waals surface area contributed by atoms with E-state index in [1.165, 1.54) is 20.8 Å². The van der Waals surface area contributed by atoms with E-state index in [4.69, 9.17) is 4.98 Å².